The third kappa shape index (κ3) is 1.42. The van der Waals surface area contributed by atoms with E-state index in [1.807, 2.05) is 0 Å². The number of rotatable bonds is 1. The second-order valence-electron chi connectivity index (χ2n) is 2.81. The largest absolute Gasteiger partial charge is 0.506 e. The molecular formula is C9H10N2O2. The predicted molar refractivity (Wildman–Crippen MR) is 49.9 cm³/mol. The summed E-state index contributed by atoms with van der Waals surface area (Å²) in [6.45, 7) is 1.31. The van der Waals surface area contributed by atoms with Crippen LogP contribution in [-0.2, 0) is 4.74 Å². The molecule has 1 aliphatic rings. The summed E-state index contributed by atoms with van der Waals surface area (Å²) >= 11 is 0. The average molecular weight is 178 g/mol. The molecule has 68 valence electrons. The Balaban J connectivity index is 2.36. The number of nitrogens with zero attached hydrogens (tertiary/aromatic N) is 1. The maximum atomic E-state index is 9.18. The van der Waals surface area contributed by atoms with Crippen molar-refractivity contribution < 1.29 is 9.84 Å². The Hall–Kier alpha value is -1.71. The molecule has 1 aromatic carbocycles. The van der Waals surface area contributed by atoms with Crippen LogP contribution in [-0.4, -0.2) is 24.2 Å². The Labute approximate surface area is 75.7 Å². The van der Waals surface area contributed by atoms with Crippen LogP contribution in [0, 0.1) is 0 Å². The van der Waals surface area contributed by atoms with E-state index in [-0.39, 0.29) is 5.75 Å². The van der Waals surface area contributed by atoms with Gasteiger partial charge in [0.15, 0.2) is 0 Å². The van der Waals surface area contributed by atoms with Crippen LogP contribution in [0.2, 0.25) is 0 Å². The fourth-order valence-corrected chi connectivity index (χ4v) is 1.20. The highest BCUT2D eigenvalue weighted by atomic mass is 16.5. The third-order valence-corrected chi connectivity index (χ3v) is 1.86. The number of aromatic hydroxyl groups is 1. The SMILES string of the molecule is Nc1cc(C2=NCCO2)ccc1O. The van der Waals surface area contributed by atoms with E-state index in [1.165, 1.54) is 6.07 Å². The minimum atomic E-state index is 0.0855. The number of hydrogen-bond acceptors (Lipinski definition) is 4. The van der Waals surface area contributed by atoms with Crippen LogP contribution in [0.15, 0.2) is 23.2 Å². The molecule has 13 heavy (non-hydrogen) atoms. The van der Waals surface area contributed by atoms with Gasteiger partial charge in [-0.05, 0) is 18.2 Å². The molecule has 0 saturated carbocycles. The predicted octanol–water partition coefficient (Wildman–Crippen LogP) is 0.751. The molecule has 0 unspecified atom stereocenters. The van der Waals surface area contributed by atoms with Gasteiger partial charge in [0, 0.05) is 5.56 Å². The Morgan fingerprint density at radius 3 is 2.92 bits per heavy atom. The molecule has 0 radical (unpaired) electrons. The van der Waals surface area contributed by atoms with Gasteiger partial charge in [-0.2, -0.15) is 0 Å². The highest BCUT2D eigenvalue weighted by Crippen LogP contribution is 2.21. The second-order valence-corrected chi connectivity index (χ2v) is 2.81. The van der Waals surface area contributed by atoms with Crippen molar-refractivity contribution in [2.75, 3.05) is 18.9 Å². The lowest BCUT2D eigenvalue weighted by Crippen LogP contribution is -2.01. The van der Waals surface area contributed by atoms with Gasteiger partial charge < -0.3 is 15.6 Å². The quantitative estimate of drug-likeness (QED) is 0.492. The molecule has 0 saturated heterocycles. The first-order valence-electron chi connectivity index (χ1n) is 4.03. The molecule has 0 fully saturated rings. The molecule has 1 heterocycles. The van der Waals surface area contributed by atoms with Crippen molar-refractivity contribution in [2.45, 2.75) is 0 Å². The summed E-state index contributed by atoms with van der Waals surface area (Å²) in [5.41, 5.74) is 6.68. The number of phenolic OH excluding ortho intramolecular Hbond substituents is 1. The molecule has 0 aliphatic carbocycles. The van der Waals surface area contributed by atoms with Crippen LogP contribution in [0.5, 0.6) is 5.75 Å². The Morgan fingerprint density at radius 2 is 2.31 bits per heavy atom. The smallest absolute Gasteiger partial charge is 0.216 e. The van der Waals surface area contributed by atoms with Crippen LogP contribution in [0.25, 0.3) is 0 Å². The monoisotopic (exact) mass is 178 g/mol. The van der Waals surface area contributed by atoms with Gasteiger partial charge in [0.05, 0.1) is 12.2 Å². The molecule has 0 atom stereocenters. The zero-order valence-electron chi connectivity index (χ0n) is 7.03. The molecule has 4 heteroatoms. The van der Waals surface area contributed by atoms with Crippen LogP contribution in [0.4, 0.5) is 5.69 Å². The van der Waals surface area contributed by atoms with E-state index in [1.54, 1.807) is 12.1 Å². The number of nitrogens with two attached hydrogens (primary N) is 1. The second kappa shape index (κ2) is 2.97. The third-order valence-electron chi connectivity index (χ3n) is 1.86. The number of hydrogen-bond donors (Lipinski definition) is 2. The minimum absolute atomic E-state index is 0.0855. The fraction of sp³-hybridized carbons (Fsp3) is 0.222. The average Bonchev–Trinajstić information content (AvgIpc) is 2.62. The lowest BCUT2D eigenvalue weighted by molar-refractivity contribution is 0.348. The van der Waals surface area contributed by atoms with Crippen molar-refractivity contribution in [1.82, 2.24) is 0 Å². The van der Waals surface area contributed by atoms with Gasteiger partial charge in [-0.3, -0.25) is 0 Å². The Kier molecular flexibility index (Phi) is 1.81. The van der Waals surface area contributed by atoms with Gasteiger partial charge in [-0.1, -0.05) is 0 Å². The van der Waals surface area contributed by atoms with E-state index in [0.717, 1.165) is 5.56 Å². The van der Waals surface area contributed by atoms with E-state index in [0.29, 0.717) is 24.7 Å². The Bertz CT molecular complexity index is 361. The van der Waals surface area contributed by atoms with E-state index < -0.39 is 0 Å². The van der Waals surface area contributed by atoms with Gasteiger partial charge in [0.1, 0.15) is 12.4 Å². The molecular weight excluding hydrogens is 168 g/mol. The maximum absolute atomic E-state index is 9.18. The number of nitrogen functional groups attached to an aromatic ring is 1. The molecule has 0 spiro atoms. The molecule has 1 aliphatic heterocycles. The van der Waals surface area contributed by atoms with Crippen molar-refractivity contribution >= 4 is 11.6 Å². The molecule has 2 rings (SSSR count). The number of ether oxygens (including phenoxy) is 1. The van der Waals surface area contributed by atoms with Crippen molar-refractivity contribution in [3.63, 3.8) is 0 Å². The Morgan fingerprint density at radius 1 is 1.46 bits per heavy atom. The van der Waals surface area contributed by atoms with Crippen molar-refractivity contribution in [3.05, 3.63) is 23.8 Å². The summed E-state index contributed by atoms with van der Waals surface area (Å²) in [4.78, 5) is 4.13. The summed E-state index contributed by atoms with van der Waals surface area (Å²) < 4.78 is 5.25. The summed E-state index contributed by atoms with van der Waals surface area (Å²) in [6.07, 6.45) is 0. The van der Waals surface area contributed by atoms with E-state index in [4.69, 9.17) is 10.5 Å². The topological polar surface area (TPSA) is 67.8 Å². The fourth-order valence-electron chi connectivity index (χ4n) is 1.20. The number of aliphatic imine (C=N–C) groups is 1. The molecule has 3 N–H and O–H groups in total. The zero-order chi connectivity index (χ0) is 9.26. The van der Waals surface area contributed by atoms with Gasteiger partial charge in [-0.15, -0.1) is 0 Å². The standard InChI is InChI=1S/C9H10N2O2/c10-7-5-6(1-2-8(7)12)9-11-3-4-13-9/h1-2,5,12H,3-4,10H2. The van der Waals surface area contributed by atoms with E-state index in [9.17, 15) is 5.11 Å². The van der Waals surface area contributed by atoms with Crippen LogP contribution < -0.4 is 5.73 Å². The van der Waals surface area contributed by atoms with Gasteiger partial charge in [-0.25, -0.2) is 4.99 Å². The van der Waals surface area contributed by atoms with Crippen molar-refractivity contribution in [1.29, 1.82) is 0 Å². The van der Waals surface area contributed by atoms with Crippen molar-refractivity contribution in [2.24, 2.45) is 4.99 Å². The van der Waals surface area contributed by atoms with Crippen LogP contribution in [0.1, 0.15) is 5.56 Å². The van der Waals surface area contributed by atoms with Crippen LogP contribution >= 0.6 is 0 Å². The van der Waals surface area contributed by atoms with Gasteiger partial charge >= 0.3 is 0 Å². The molecule has 0 amide bonds. The minimum Gasteiger partial charge on any atom is -0.506 e. The summed E-state index contributed by atoms with van der Waals surface area (Å²) in [7, 11) is 0. The molecule has 0 bridgehead atoms. The lowest BCUT2D eigenvalue weighted by Gasteiger charge is -2.03. The van der Waals surface area contributed by atoms with Crippen LogP contribution in [0.3, 0.4) is 0 Å². The van der Waals surface area contributed by atoms with Gasteiger partial charge in [0.2, 0.25) is 5.90 Å². The first kappa shape index (κ1) is 7.91. The van der Waals surface area contributed by atoms with E-state index >= 15 is 0 Å². The summed E-state index contributed by atoms with van der Waals surface area (Å²) in [6, 6.07) is 4.92. The molecule has 1 aromatic rings. The van der Waals surface area contributed by atoms with Gasteiger partial charge in [0.25, 0.3) is 0 Å². The van der Waals surface area contributed by atoms with Crippen molar-refractivity contribution in [3.8, 4) is 5.75 Å². The highest BCUT2D eigenvalue weighted by molar-refractivity contribution is 5.96. The number of anilines is 1. The highest BCUT2D eigenvalue weighted by Gasteiger charge is 2.10. The maximum Gasteiger partial charge on any atom is 0.216 e. The molecule has 4 nitrogen and oxygen atoms in total. The first-order chi connectivity index (χ1) is 6.27. The summed E-state index contributed by atoms with van der Waals surface area (Å²) in [5.74, 6) is 0.689. The lowest BCUT2D eigenvalue weighted by atomic mass is 10.2. The number of phenols is 1. The first-order valence-corrected chi connectivity index (χ1v) is 4.03. The summed E-state index contributed by atoms with van der Waals surface area (Å²) in [5, 5.41) is 9.18. The zero-order valence-corrected chi connectivity index (χ0v) is 7.03. The van der Waals surface area contributed by atoms with E-state index in [2.05, 4.69) is 4.99 Å². The normalized spacial score (nSPS) is 15.2. The molecule has 0 aromatic heterocycles. The number of benzene rings is 1.